The van der Waals surface area contributed by atoms with Gasteiger partial charge < -0.3 is 10.5 Å². The van der Waals surface area contributed by atoms with Crippen molar-refractivity contribution in [1.29, 1.82) is 0 Å². The molecular weight excluding hydrogens is 242 g/mol. The third kappa shape index (κ3) is 3.95. The van der Waals surface area contributed by atoms with Crippen molar-refractivity contribution in [3.05, 3.63) is 18.3 Å². The molecule has 1 atom stereocenters. The average Bonchev–Trinajstić information content (AvgIpc) is 2.27. The van der Waals surface area contributed by atoms with Crippen molar-refractivity contribution in [2.45, 2.75) is 11.8 Å². The van der Waals surface area contributed by atoms with E-state index in [1.807, 2.05) is 6.92 Å². The summed E-state index contributed by atoms with van der Waals surface area (Å²) in [5.74, 6) is 0.0899. The fourth-order valence-electron chi connectivity index (χ4n) is 1.30. The summed E-state index contributed by atoms with van der Waals surface area (Å²) < 4.78 is 31.2. The first-order chi connectivity index (χ1) is 7.97. The Morgan fingerprint density at radius 3 is 2.88 bits per heavy atom. The molecule has 0 amide bonds. The van der Waals surface area contributed by atoms with E-state index in [-0.39, 0.29) is 16.6 Å². The summed E-state index contributed by atoms with van der Waals surface area (Å²) in [4.78, 5) is 3.75. The largest absolute Gasteiger partial charge is 0.384 e. The molecule has 0 aliphatic carbocycles. The van der Waals surface area contributed by atoms with Crippen LogP contribution < -0.4 is 10.5 Å². The number of hydrogen-bond acceptors (Lipinski definition) is 5. The molecule has 0 aliphatic rings. The monoisotopic (exact) mass is 259 g/mol. The van der Waals surface area contributed by atoms with E-state index in [4.69, 9.17) is 10.5 Å². The minimum atomic E-state index is -3.60. The van der Waals surface area contributed by atoms with Crippen molar-refractivity contribution in [2.75, 3.05) is 26.0 Å². The van der Waals surface area contributed by atoms with Crippen molar-refractivity contribution in [2.24, 2.45) is 5.92 Å². The second kappa shape index (κ2) is 5.95. The summed E-state index contributed by atoms with van der Waals surface area (Å²) in [5.41, 5.74) is 5.52. The number of methoxy groups -OCH3 is 1. The number of sulfonamides is 1. The fourth-order valence-corrected chi connectivity index (χ4v) is 2.55. The zero-order valence-electron chi connectivity index (χ0n) is 9.88. The molecule has 0 saturated carbocycles. The van der Waals surface area contributed by atoms with Gasteiger partial charge in [-0.15, -0.1) is 0 Å². The van der Waals surface area contributed by atoms with E-state index in [1.165, 1.54) is 18.3 Å². The molecule has 0 saturated heterocycles. The highest BCUT2D eigenvalue weighted by Gasteiger charge is 2.18. The first-order valence-electron chi connectivity index (χ1n) is 5.16. The Balaban J connectivity index is 2.73. The van der Waals surface area contributed by atoms with Crippen LogP contribution >= 0.6 is 0 Å². The summed E-state index contributed by atoms with van der Waals surface area (Å²) in [5, 5.41) is 0. The molecule has 1 aromatic rings. The second-order valence-corrected chi connectivity index (χ2v) is 5.53. The highest BCUT2D eigenvalue weighted by molar-refractivity contribution is 7.89. The zero-order valence-corrected chi connectivity index (χ0v) is 10.7. The molecule has 1 unspecified atom stereocenters. The summed E-state index contributed by atoms with van der Waals surface area (Å²) in [6, 6.07) is 2.95. The van der Waals surface area contributed by atoms with Crippen molar-refractivity contribution in [3.8, 4) is 0 Å². The predicted molar refractivity (Wildman–Crippen MR) is 64.9 cm³/mol. The Hall–Kier alpha value is -1.18. The molecule has 0 fully saturated rings. The Labute approximate surface area is 101 Å². The zero-order chi connectivity index (χ0) is 12.9. The van der Waals surface area contributed by atoms with Crippen LogP contribution in [0, 0.1) is 5.92 Å². The lowest BCUT2D eigenvalue weighted by atomic mass is 10.2. The molecule has 1 aromatic heterocycles. The number of hydrogen-bond donors (Lipinski definition) is 2. The highest BCUT2D eigenvalue weighted by atomic mass is 32.2. The lowest BCUT2D eigenvalue weighted by Gasteiger charge is -2.12. The Morgan fingerprint density at radius 1 is 1.59 bits per heavy atom. The minimum Gasteiger partial charge on any atom is -0.384 e. The number of nitrogens with zero attached hydrogens (tertiary/aromatic N) is 1. The lowest BCUT2D eigenvalue weighted by Crippen LogP contribution is -2.30. The number of nitrogen functional groups attached to an aromatic ring is 1. The van der Waals surface area contributed by atoms with Crippen LogP contribution in [-0.4, -0.2) is 33.7 Å². The van der Waals surface area contributed by atoms with E-state index in [9.17, 15) is 8.42 Å². The molecule has 96 valence electrons. The van der Waals surface area contributed by atoms with Gasteiger partial charge in [0.1, 0.15) is 10.7 Å². The number of anilines is 1. The number of ether oxygens (including phenoxy) is 1. The number of aromatic nitrogens is 1. The Bertz CT molecular complexity index is 462. The second-order valence-electron chi connectivity index (χ2n) is 3.80. The van der Waals surface area contributed by atoms with Gasteiger partial charge in [-0.1, -0.05) is 6.92 Å². The molecular formula is C10H17N3O3S. The predicted octanol–water partition coefficient (Wildman–Crippen LogP) is 0.225. The fraction of sp³-hybridized carbons (Fsp3) is 0.500. The van der Waals surface area contributed by atoms with E-state index >= 15 is 0 Å². The van der Waals surface area contributed by atoms with Crippen LogP contribution in [0.3, 0.4) is 0 Å². The van der Waals surface area contributed by atoms with Crippen LogP contribution in [0.25, 0.3) is 0 Å². The summed E-state index contributed by atoms with van der Waals surface area (Å²) in [7, 11) is -2.02. The van der Waals surface area contributed by atoms with Crippen LogP contribution in [0.15, 0.2) is 23.2 Å². The molecule has 3 N–H and O–H groups in total. The van der Waals surface area contributed by atoms with Crippen molar-refractivity contribution in [1.82, 2.24) is 9.71 Å². The minimum absolute atomic E-state index is 0.000561. The van der Waals surface area contributed by atoms with Gasteiger partial charge in [0, 0.05) is 26.5 Å². The van der Waals surface area contributed by atoms with Gasteiger partial charge in [-0.25, -0.2) is 18.1 Å². The molecule has 0 aliphatic heterocycles. The Morgan fingerprint density at radius 2 is 2.29 bits per heavy atom. The SMILES string of the molecule is COCC(C)CNS(=O)(=O)c1cccnc1N. The molecule has 1 rings (SSSR count). The molecule has 17 heavy (non-hydrogen) atoms. The van der Waals surface area contributed by atoms with Gasteiger partial charge in [-0.3, -0.25) is 0 Å². The first-order valence-corrected chi connectivity index (χ1v) is 6.64. The van der Waals surface area contributed by atoms with Gasteiger partial charge in [-0.2, -0.15) is 0 Å². The van der Waals surface area contributed by atoms with Gasteiger partial charge in [-0.05, 0) is 18.1 Å². The van der Waals surface area contributed by atoms with Crippen LogP contribution in [-0.2, 0) is 14.8 Å². The van der Waals surface area contributed by atoms with Crippen molar-refractivity contribution < 1.29 is 13.2 Å². The third-order valence-electron chi connectivity index (χ3n) is 2.16. The molecule has 0 bridgehead atoms. The van der Waals surface area contributed by atoms with Gasteiger partial charge in [0.05, 0.1) is 0 Å². The van der Waals surface area contributed by atoms with Gasteiger partial charge in [0.15, 0.2) is 0 Å². The maximum Gasteiger partial charge on any atom is 0.244 e. The smallest absolute Gasteiger partial charge is 0.244 e. The molecule has 0 radical (unpaired) electrons. The van der Waals surface area contributed by atoms with E-state index < -0.39 is 10.0 Å². The van der Waals surface area contributed by atoms with Crippen molar-refractivity contribution in [3.63, 3.8) is 0 Å². The lowest BCUT2D eigenvalue weighted by molar-refractivity contribution is 0.161. The van der Waals surface area contributed by atoms with Crippen LogP contribution in [0.4, 0.5) is 5.82 Å². The van der Waals surface area contributed by atoms with Gasteiger partial charge in [0.2, 0.25) is 10.0 Å². The average molecular weight is 259 g/mol. The molecule has 1 heterocycles. The summed E-state index contributed by atoms with van der Waals surface area (Å²) >= 11 is 0. The number of rotatable bonds is 6. The van der Waals surface area contributed by atoms with Crippen LogP contribution in [0.5, 0.6) is 0 Å². The van der Waals surface area contributed by atoms with Gasteiger partial charge in [0.25, 0.3) is 0 Å². The van der Waals surface area contributed by atoms with Crippen LogP contribution in [0.1, 0.15) is 6.92 Å². The van der Waals surface area contributed by atoms with E-state index in [0.29, 0.717) is 13.2 Å². The third-order valence-corrected chi connectivity index (χ3v) is 3.63. The molecule has 0 spiro atoms. The maximum atomic E-state index is 11.9. The summed E-state index contributed by atoms with van der Waals surface area (Å²) in [6.07, 6.45) is 1.45. The molecule has 7 heteroatoms. The Kier molecular flexibility index (Phi) is 4.86. The topological polar surface area (TPSA) is 94.3 Å². The van der Waals surface area contributed by atoms with E-state index in [1.54, 1.807) is 7.11 Å². The van der Waals surface area contributed by atoms with Gasteiger partial charge >= 0.3 is 0 Å². The van der Waals surface area contributed by atoms with E-state index in [2.05, 4.69) is 9.71 Å². The quantitative estimate of drug-likeness (QED) is 0.762. The normalized spacial score (nSPS) is 13.5. The first kappa shape index (κ1) is 13.9. The standard InChI is InChI=1S/C10H17N3O3S/c1-8(7-16-2)6-13-17(14,15)9-4-3-5-12-10(9)11/h3-5,8,13H,6-7H2,1-2H3,(H2,11,12). The van der Waals surface area contributed by atoms with E-state index in [0.717, 1.165) is 0 Å². The van der Waals surface area contributed by atoms with Crippen LogP contribution in [0.2, 0.25) is 0 Å². The highest BCUT2D eigenvalue weighted by Crippen LogP contribution is 2.14. The molecule has 0 aromatic carbocycles. The maximum absolute atomic E-state index is 11.9. The van der Waals surface area contributed by atoms with Crippen molar-refractivity contribution >= 4 is 15.8 Å². The molecule has 6 nitrogen and oxygen atoms in total. The number of nitrogens with two attached hydrogens (primary N) is 1. The summed E-state index contributed by atoms with van der Waals surface area (Å²) in [6.45, 7) is 2.67. The number of pyridine rings is 1. The number of nitrogens with one attached hydrogen (secondary N) is 1.